The molecule has 0 aliphatic carbocycles. The zero-order valence-corrected chi connectivity index (χ0v) is 15.1. The van der Waals surface area contributed by atoms with Gasteiger partial charge in [0.1, 0.15) is 0 Å². The number of nitrogens with zero attached hydrogens (tertiary/aromatic N) is 1. The van der Waals surface area contributed by atoms with Crippen molar-refractivity contribution in [3.05, 3.63) is 57.5 Å². The molecular weight excluding hydrogens is 371 g/mol. The van der Waals surface area contributed by atoms with E-state index >= 15 is 0 Å². The van der Waals surface area contributed by atoms with Crippen molar-refractivity contribution in [2.24, 2.45) is 0 Å². The maximum absolute atomic E-state index is 12.1. The van der Waals surface area contributed by atoms with E-state index in [2.05, 4.69) is 5.32 Å². The third-order valence-electron chi connectivity index (χ3n) is 3.29. The first-order valence-electron chi connectivity index (χ1n) is 7.16. The largest absolute Gasteiger partial charge is 0.325 e. The Kier molecular flexibility index (Phi) is 6.49. The van der Waals surface area contributed by atoms with Gasteiger partial charge in [-0.3, -0.25) is 9.59 Å². The lowest BCUT2D eigenvalue weighted by Crippen LogP contribution is -2.32. The van der Waals surface area contributed by atoms with Crippen LogP contribution in [0, 0.1) is 0 Å². The number of rotatable bonds is 5. The van der Waals surface area contributed by atoms with Crippen LogP contribution in [0.2, 0.25) is 15.1 Å². The number of benzene rings is 2. The van der Waals surface area contributed by atoms with Crippen LogP contribution < -0.4 is 10.2 Å². The minimum absolute atomic E-state index is 0.101. The van der Waals surface area contributed by atoms with E-state index in [1.54, 1.807) is 42.5 Å². The van der Waals surface area contributed by atoms with Gasteiger partial charge in [0, 0.05) is 24.9 Å². The van der Waals surface area contributed by atoms with Gasteiger partial charge in [0.15, 0.2) is 0 Å². The number of anilines is 2. The fourth-order valence-corrected chi connectivity index (χ4v) is 2.83. The molecule has 0 fully saturated rings. The Labute approximate surface area is 155 Å². The van der Waals surface area contributed by atoms with E-state index in [0.717, 1.165) is 0 Å². The molecule has 2 aromatic carbocycles. The lowest BCUT2D eigenvalue weighted by molar-refractivity contribution is -0.117. The van der Waals surface area contributed by atoms with Crippen molar-refractivity contribution >= 4 is 58.0 Å². The maximum Gasteiger partial charge on any atom is 0.226 e. The van der Waals surface area contributed by atoms with Gasteiger partial charge in [0.05, 0.1) is 21.4 Å². The smallest absolute Gasteiger partial charge is 0.226 e. The summed E-state index contributed by atoms with van der Waals surface area (Å²) in [7, 11) is 0. The summed E-state index contributed by atoms with van der Waals surface area (Å²) in [5.74, 6) is -0.460. The monoisotopic (exact) mass is 384 g/mol. The van der Waals surface area contributed by atoms with Crippen molar-refractivity contribution in [3.63, 3.8) is 0 Å². The average Bonchev–Trinajstić information content (AvgIpc) is 2.51. The van der Waals surface area contributed by atoms with Crippen molar-refractivity contribution in [1.29, 1.82) is 0 Å². The number of para-hydroxylation sites is 1. The molecule has 24 heavy (non-hydrogen) atoms. The van der Waals surface area contributed by atoms with Gasteiger partial charge >= 0.3 is 0 Å². The highest BCUT2D eigenvalue weighted by Crippen LogP contribution is 2.27. The van der Waals surface area contributed by atoms with Crippen molar-refractivity contribution in [1.82, 2.24) is 0 Å². The fourth-order valence-electron chi connectivity index (χ4n) is 2.14. The molecule has 0 atom stereocenters. The average molecular weight is 386 g/mol. The molecule has 0 spiro atoms. The van der Waals surface area contributed by atoms with Crippen LogP contribution in [-0.2, 0) is 9.59 Å². The predicted molar refractivity (Wildman–Crippen MR) is 99.2 cm³/mol. The second-order valence-corrected chi connectivity index (χ2v) is 6.30. The highest BCUT2D eigenvalue weighted by Gasteiger charge is 2.16. The standard InChI is InChI=1S/C17H15Cl3N2O2/c1-11(23)22(16-5-3-2-4-13(16)19)9-8-17(24)21-15-7-6-12(18)10-14(15)20/h2-7,10H,8-9H2,1H3,(H,21,24). The van der Waals surface area contributed by atoms with Crippen molar-refractivity contribution in [2.75, 3.05) is 16.8 Å². The molecule has 7 heteroatoms. The summed E-state index contributed by atoms with van der Waals surface area (Å²) in [4.78, 5) is 25.4. The van der Waals surface area contributed by atoms with Crippen LogP contribution in [0.25, 0.3) is 0 Å². The number of amides is 2. The Hall–Kier alpha value is -1.75. The summed E-state index contributed by atoms with van der Waals surface area (Å²) in [6.07, 6.45) is 0.101. The number of carbonyl (C=O) groups is 2. The Balaban J connectivity index is 2.03. The van der Waals surface area contributed by atoms with Gasteiger partial charge in [-0.25, -0.2) is 0 Å². The quantitative estimate of drug-likeness (QED) is 0.785. The van der Waals surface area contributed by atoms with Crippen LogP contribution in [-0.4, -0.2) is 18.4 Å². The zero-order valence-electron chi connectivity index (χ0n) is 12.9. The van der Waals surface area contributed by atoms with Crippen LogP contribution >= 0.6 is 34.8 Å². The SMILES string of the molecule is CC(=O)N(CCC(=O)Nc1ccc(Cl)cc1Cl)c1ccccc1Cl. The van der Waals surface area contributed by atoms with E-state index in [4.69, 9.17) is 34.8 Å². The second kappa shape index (κ2) is 8.38. The molecule has 0 saturated heterocycles. The van der Waals surface area contributed by atoms with Crippen molar-refractivity contribution < 1.29 is 9.59 Å². The predicted octanol–water partition coefficient (Wildman–Crippen LogP) is 5.03. The van der Waals surface area contributed by atoms with Gasteiger partial charge in [0.2, 0.25) is 11.8 Å². The number of hydrogen-bond donors (Lipinski definition) is 1. The number of hydrogen-bond acceptors (Lipinski definition) is 2. The minimum atomic E-state index is -0.266. The zero-order chi connectivity index (χ0) is 17.7. The van der Waals surface area contributed by atoms with E-state index in [0.29, 0.717) is 26.4 Å². The fraction of sp³-hybridized carbons (Fsp3) is 0.176. The third-order valence-corrected chi connectivity index (χ3v) is 4.16. The molecule has 0 aliphatic heterocycles. The number of carbonyl (C=O) groups excluding carboxylic acids is 2. The van der Waals surface area contributed by atoms with Crippen molar-refractivity contribution in [3.8, 4) is 0 Å². The topological polar surface area (TPSA) is 49.4 Å². The highest BCUT2D eigenvalue weighted by atomic mass is 35.5. The third kappa shape index (κ3) is 4.87. The molecule has 0 heterocycles. The van der Waals surface area contributed by atoms with E-state index < -0.39 is 0 Å². The number of halogens is 3. The normalized spacial score (nSPS) is 10.3. The summed E-state index contributed by atoms with van der Waals surface area (Å²) in [5, 5.41) is 3.99. The van der Waals surface area contributed by atoms with Gasteiger partial charge in [-0.05, 0) is 30.3 Å². The van der Waals surface area contributed by atoms with Gasteiger partial charge in [-0.15, -0.1) is 0 Å². The van der Waals surface area contributed by atoms with E-state index in [-0.39, 0.29) is 24.8 Å². The first-order chi connectivity index (χ1) is 11.4. The van der Waals surface area contributed by atoms with Crippen molar-refractivity contribution in [2.45, 2.75) is 13.3 Å². The molecule has 126 valence electrons. The summed E-state index contributed by atoms with van der Waals surface area (Å²) in [6, 6.07) is 11.8. The molecule has 1 N–H and O–H groups in total. The summed E-state index contributed by atoms with van der Waals surface area (Å²) >= 11 is 18.0. The first kappa shape index (κ1) is 18.6. The molecule has 0 aromatic heterocycles. The molecule has 2 amide bonds. The van der Waals surface area contributed by atoms with Gasteiger partial charge in [0.25, 0.3) is 0 Å². The van der Waals surface area contributed by atoms with Crippen LogP contribution in [0.4, 0.5) is 11.4 Å². The molecule has 0 aliphatic rings. The molecule has 0 radical (unpaired) electrons. The Bertz CT molecular complexity index is 765. The summed E-state index contributed by atoms with van der Waals surface area (Å²) in [5.41, 5.74) is 1.04. The molecule has 0 unspecified atom stereocenters. The molecule has 0 bridgehead atoms. The van der Waals surface area contributed by atoms with Crippen LogP contribution in [0.3, 0.4) is 0 Å². The lowest BCUT2D eigenvalue weighted by atomic mass is 10.2. The molecular formula is C17H15Cl3N2O2. The molecule has 2 aromatic rings. The molecule has 2 rings (SSSR count). The van der Waals surface area contributed by atoms with Gasteiger partial charge < -0.3 is 10.2 Å². The van der Waals surface area contributed by atoms with Gasteiger partial charge in [-0.2, -0.15) is 0 Å². The Morgan fingerprint density at radius 1 is 1.04 bits per heavy atom. The summed E-state index contributed by atoms with van der Waals surface area (Å²) in [6.45, 7) is 1.63. The molecule has 4 nitrogen and oxygen atoms in total. The maximum atomic E-state index is 12.1. The van der Waals surface area contributed by atoms with E-state index in [1.807, 2.05) is 0 Å². The molecule has 0 saturated carbocycles. The minimum Gasteiger partial charge on any atom is -0.325 e. The Morgan fingerprint density at radius 2 is 1.75 bits per heavy atom. The van der Waals surface area contributed by atoms with Crippen LogP contribution in [0.15, 0.2) is 42.5 Å². The van der Waals surface area contributed by atoms with E-state index in [9.17, 15) is 9.59 Å². The van der Waals surface area contributed by atoms with Gasteiger partial charge in [-0.1, -0.05) is 46.9 Å². The highest BCUT2D eigenvalue weighted by molar-refractivity contribution is 6.36. The van der Waals surface area contributed by atoms with E-state index in [1.165, 1.54) is 11.8 Å². The Morgan fingerprint density at radius 3 is 2.38 bits per heavy atom. The van der Waals surface area contributed by atoms with Crippen LogP contribution in [0.1, 0.15) is 13.3 Å². The first-order valence-corrected chi connectivity index (χ1v) is 8.29. The number of nitrogens with one attached hydrogen (secondary N) is 1. The van der Waals surface area contributed by atoms with Crippen LogP contribution in [0.5, 0.6) is 0 Å². The second-order valence-electron chi connectivity index (χ2n) is 5.04. The lowest BCUT2D eigenvalue weighted by Gasteiger charge is -2.22. The summed E-state index contributed by atoms with van der Waals surface area (Å²) < 4.78 is 0.